The topological polar surface area (TPSA) is 107 Å². The van der Waals surface area contributed by atoms with Crippen LogP contribution in [0.5, 0.6) is 0 Å². The third-order valence-electron chi connectivity index (χ3n) is 5.07. The Labute approximate surface area is 136 Å². The quantitative estimate of drug-likeness (QED) is 0.646. The average molecular weight is 326 g/mol. The van der Waals surface area contributed by atoms with Crippen LogP contribution in [0.2, 0.25) is 0 Å². The monoisotopic (exact) mass is 326 g/mol. The van der Waals surface area contributed by atoms with Gasteiger partial charge in [0.1, 0.15) is 12.1 Å². The Morgan fingerprint density at radius 3 is 2.52 bits per heavy atom. The van der Waals surface area contributed by atoms with Crippen LogP contribution in [0.15, 0.2) is 0 Å². The van der Waals surface area contributed by atoms with E-state index < -0.39 is 30.1 Å². The van der Waals surface area contributed by atoms with Gasteiger partial charge < -0.3 is 15.1 Å². The minimum Gasteiger partial charge on any atom is -0.480 e. The van der Waals surface area contributed by atoms with Crippen molar-refractivity contribution in [3.63, 3.8) is 0 Å². The summed E-state index contributed by atoms with van der Waals surface area (Å²) in [4.78, 5) is 37.0. The van der Waals surface area contributed by atoms with Gasteiger partial charge in [-0.05, 0) is 38.5 Å². The first kappa shape index (κ1) is 17.7. The summed E-state index contributed by atoms with van der Waals surface area (Å²) in [7, 11) is 0. The molecule has 1 heterocycles. The maximum atomic E-state index is 12.8. The van der Waals surface area contributed by atoms with E-state index in [4.69, 9.17) is 0 Å². The number of carboxylic acids is 2. The molecule has 2 aliphatic rings. The summed E-state index contributed by atoms with van der Waals surface area (Å²) in [6.07, 6.45) is 4.45. The molecule has 1 aliphatic carbocycles. The zero-order valence-electron chi connectivity index (χ0n) is 13.7. The molecule has 130 valence electrons. The molecule has 0 spiro atoms. The zero-order valence-corrected chi connectivity index (χ0v) is 13.7. The molecule has 23 heavy (non-hydrogen) atoms. The standard InChI is InChI=1S/C16H26N2O5/c1-3-5-11(15(20)21)17-9(2)14(19)18-12-7-4-6-10(12)8-13(18)16(22)23/h9-13,17H,3-8H2,1-2H3,(H,20,21)(H,22,23)/t9-,10+,11-,12+,13?/m0/s1. The molecule has 0 radical (unpaired) electrons. The van der Waals surface area contributed by atoms with Gasteiger partial charge in [0.15, 0.2) is 0 Å². The Hall–Kier alpha value is -1.63. The van der Waals surface area contributed by atoms with E-state index in [2.05, 4.69) is 5.32 Å². The van der Waals surface area contributed by atoms with Crippen molar-refractivity contribution < 1.29 is 24.6 Å². The first-order valence-corrected chi connectivity index (χ1v) is 8.40. The number of nitrogens with zero attached hydrogens (tertiary/aromatic N) is 1. The van der Waals surface area contributed by atoms with Crippen LogP contribution in [0.1, 0.15) is 52.4 Å². The fraction of sp³-hybridized carbons (Fsp3) is 0.812. The van der Waals surface area contributed by atoms with E-state index in [1.54, 1.807) is 6.92 Å². The van der Waals surface area contributed by atoms with Crippen molar-refractivity contribution in [3.05, 3.63) is 0 Å². The fourth-order valence-electron chi connectivity index (χ4n) is 3.99. The summed E-state index contributed by atoms with van der Waals surface area (Å²) < 4.78 is 0. The number of rotatable bonds is 7. The predicted molar refractivity (Wildman–Crippen MR) is 82.9 cm³/mol. The van der Waals surface area contributed by atoms with Crippen LogP contribution < -0.4 is 5.32 Å². The number of hydrogen-bond acceptors (Lipinski definition) is 4. The maximum Gasteiger partial charge on any atom is 0.326 e. The third-order valence-corrected chi connectivity index (χ3v) is 5.07. The summed E-state index contributed by atoms with van der Waals surface area (Å²) in [5, 5.41) is 21.5. The summed E-state index contributed by atoms with van der Waals surface area (Å²) in [6, 6.07) is -2.29. The first-order chi connectivity index (χ1) is 10.9. The molecule has 3 N–H and O–H groups in total. The maximum absolute atomic E-state index is 12.8. The molecule has 5 atom stereocenters. The highest BCUT2D eigenvalue weighted by molar-refractivity contribution is 5.88. The summed E-state index contributed by atoms with van der Waals surface area (Å²) in [5.41, 5.74) is 0. The van der Waals surface area contributed by atoms with Gasteiger partial charge >= 0.3 is 11.9 Å². The molecular formula is C16H26N2O5. The number of carbonyl (C=O) groups is 3. The van der Waals surface area contributed by atoms with Gasteiger partial charge in [0.2, 0.25) is 5.91 Å². The molecule has 7 heteroatoms. The van der Waals surface area contributed by atoms with Crippen molar-refractivity contribution in [2.75, 3.05) is 0 Å². The lowest BCUT2D eigenvalue weighted by Gasteiger charge is -2.31. The van der Waals surface area contributed by atoms with E-state index in [-0.39, 0.29) is 17.9 Å². The lowest BCUT2D eigenvalue weighted by molar-refractivity contribution is -0.151. The molecule has 7 nitrogen and oxygen atoms in total. The molecule has 0 aromatic rings. The molecule has 0 aromatic carbocycles. The molecule has 1 unspecified atom stereocenters. The molecule has 2 fully saturated rings. The number of amides is 1. The average Bonchev–Trinajstić information content (AvgIpc) is 3.05. The largest absolute Gasteiger partial charge is 0.480 e. The number of carboxylic acid groups (broad SMARTS) is 2. The SMILES string of the molecule is CCC[C@H](N[C@@H](C)C(=O)N1C(C(=O)O)C[C@H]2CCC[C@H]21)C(=O)O. The molecule has 1 saturated heterocycles. The lowest BCUT2D eigenvalue weighted by atomic mass is 10.0. The Morgan fingerprint density at radius 2 is 1.96 bits per heavy atom. The number of likely N-dealkylation sites (tertiary alicyclic amines) is 1. The van der Waals surface area contributed by atoms with Crippen LogP contribution in [0.25, 0.3) is 0 Å². The Morgan fingerprint density at radius 1 is 1.26 bits per heavy atom. The molecule has 0 bridgehead atoms. The normalized spacial score (nSPS) is 29.1. The molecular weight excluding hydrogens is 300 g/mol. The minimum absolute atomic E-state index is 0.0118. The van der Waals surface area contributed by atoms with Gasteiger partial charge in [-0.1, -0.05) is 19.8 Å². The molecule has 2 rings (SSSR count). The second-order valence-electron chi connectivity index (χ2n) is 6.66. The van der Waals surface area contributed by atoms with E-state index in [0.717, 1.165) is 19.3 Å². The highest BCUT2D eigenvalue weighted by atomic mass is 16.4. The van der Waals surface area contributed by atoms with Gasteiger partial charge in [0, 0.05) is 6.04 Å². The van der Waals surface area contributed by atoms with Crippen LogP contribution >= 0.6 is 0 Å². The van der Waals surface area contributed by atoms with Crippen molar-refractivity contribution in [2.45, 2.75) is 76.5 Å². The number of fused-ring (bicyclic) bond motifs is 1. The summed E-state index contributed by atoms with van der Waals surface area (Å²) in [6.45, 7) is 3.50. The fourth-order valence-corrected chi connectivity index (χ4v) is 3.99. The number of nitrogens with one attached hydrogen (secondary N) is 1. The van der Waals surface area contributed by atoms with Crippen LogP contribution in [-0.4, -0.2) is 57.1 Å². The van der Waals surface area contributed by atoms with E-state index in [1.807, 2.05) is 6.92 Å². The van der Waals surface area contributed by atoms with Gasteiger partial charge in [-0.15, -0.1) is 0 Å². The highest BCUT2D eigenvalue weighted by Gasteiger charge is 2.49. The van der Waals surface area contributed by atoms with E-state index >= 15 is 0 Å². The molecule has 1 saturated carbocycles. The Bertz CT molecular complexity index is 481. The first-order valence-electron chi connectivity index (χ1n) is 8.40. The van der Waals surface area contributed by atoms with Gasteiger partial charge in [0.25, 0.3) is 0 Å². The van der Waals surface area contributed by atoms with Crippen molar-refractivity contribution in [1.82, 2.24) is 10.2 Å². The van der Waals surface area contributed by atoms with Gasteiger partial charge in [-0.2, -0.15) is 0 Å². The van der Waals surface area contributed by atoms with Crippen LogP contribution in [0, 0.1) is 5.92 Å². The second-order valence-corrected chi connectivity index (χ2v) is 6.66. The summed E-state index contributed by atoms with van der Waals surface area (Å²) >= 11 is 0. The molecule has 1 aliphatic heterocycles. The van der Waals surface area contributed by atoms with Crippen molar-refractivity contribution in [3.8, 4) is 0 Å². The number of aliphatic carboxylic acids is 2. The number of hydrogen-bond donors (Lipinski definition) is 3. The Kier molecular flexibility index (Phi) is 5.62. The van der Waals surface area contributed by atoms with Crippen molar-refractivity contribution >= 4 is 17.8 Å². The minimum atomic E-state index is -0.985. The zero-order chi connectivity index (χ0) is 17.1. The third kappa shape index (κ3) is 3.65. The Balaban J connectivity index is 2.09. The van der Waals surface area contributed by atoms with Crippen LogP contribution in [-0.2, 0) is 14.4 Å². The van der Waals surface area contributed by atoms with Gasteiger partial charge in [-0.3, -0.25) is 14.9 Å². The van der Waals surface area contributed by atoms with E-state index in [1.165, 1.54) is 4.90 Å². The lowest BCUT2D eigenvalue weighted by Crippen LogP contribution is -2.55. The molecule has 1 amide bonds. The summed E-state index contributed by atoms with van der Waals surface area (Å²) in [5.74, 6) is -1.99. The van der Waals surface area contributed by atoms with Gasteiger partial charge in [0.05, 0.1) is 6.04 Å². The van der Waals surface area contributed by atoms with Crippen LogP contribution in [0.4, 0.5) is 0 Å². The molecule has 0 aromatic heterocycles. The predicted octanol–water partition coefficient (Wildman–Crippen LogP) is 1.07. The highest BCUT2D eigenvalue weighted by Crippen LogP contribution is 2.41. The van der Waals surface area contributed by atoms with Crippen molar-refractivity contribution in [2.24, 2.45) is 5.92 Å². The second kappa shape index (κ2) is 7.29. The van der Waals surface area contributed by atoms with E-state index in [0.29, 0.717) is 19.3 Å². The van der Waals surface area contributed by atoms with Crippen LogP contribution in [0.3, 0.4) is 0 Å². The number of carbonyl (C=O) groups excluding carboxylic acids is 1. The smallest absolute Gasteiger partial charge is 0.326 e. The van der Waals surface area contributed by atoms with E-state index in [9.17, 15) is 24.6 Å². The van der Waals surface area contributed by atoms with Crippen molar-refractivity contribution in [1.29, 1.82) is 0 Å². The van der Waals surface area contributed by atoms with Gasteiger partial charge in [-0.25, -0.2) is 4.79 Å².